The van der Waals surface area contributed by atoms with Crippen LogP contribution in [-0.4, -0.2) is 16.8 Å². The van der Waals surface area contributed by atoms with E-state index in [1.165, 1.54) is 49.4 Å². The molecule has 1 aromatic heterocycles. The minimum absolute atomic E-state index is 0.113. The minimum atomic E-state index is -0.924. The number of anilines is 3. The fourth-order valence-electron chi connectivity index (χ4n) is 9.56. The van der Waals surface area contributed by atoms with Crippen LogP contribution < -0.4 is 4.90 Å². The van der Waals surface area contributed by atoms with Crippen molar-refractivity contribution in [3.63, 3.8) is 0 Å². The van der Waals surface area contributed by atoms with E-state index in [0.29, 0.717) is 0 Å². The Labute approximate surface area is 344 Å². The zero-order valence-electron chi connectivity index (χ0n) is 33.6. The summed E-state index contributed by atoms with van der Waals surface area (Å²) in [5.41, 5.74) is 17.6. The summed E-state index contributed by atoms with van der Waals surface area (Å²) in [6.07, 6.45) is 4.19. The number of allylic oxidation sites excluding steroid dienone is 1. The van der Waals surface area contributed by atoms with E-state index < -0.39 is 11.4 Å². The Balaban J connectivity index is 0.994. The number of rotatable bonds is 7. The van der Waals surface area contributed by atoms with Gasteiger partial charge in [0.1, 0.15) is 0 Å². The van der Waals surface area contributed by atoms with Gasteiger partial charge in [0.15, 0.2) is 0 Å². The molecule has 5 heteroatoms. The molecule has 2 heterocycles. The largest absolute Gasteiger partial charge is 0.478 e. The van der Waals surface area contributed by atoms with E-state index >= 15 is 0 Å². The van der Waals surface area contributed by atoms with E-state index in [-0.39, 0.29) is 16.4 Å². The van der Waals surface area contributed by atoms with Crippen molar-refractivity contribution in [3.05, 3.63) is 184 Å². The van der Waals surface area contributed by atoms with Gasteiger partial charge in [-0.25, -0.2) is 4.79 Å². The molecular weight excluding hydrogens is 729 g/mol. The molecule has 0 fully saturated rings. The van der Waals surface area contributed by atoms with E-state index in [9.17, 15) is 9.90 Å². The summed E-state index contributed by atoms with van der Waals surface area (Å²) in [4.78, 5) is 21.3. The third-order valence-corrected chi connectivity index (χ3v) is 14.0. The molecule has 284 valence electrons. The molecule has 6 aromatic carbocycles. The van der Waals surface area contributed by atoms with Crippen LogP contribution >= 0.6 is 11.3 Å². The fourth-order valence-corrected chi connectivity index (χ4v) is 10.5. The Morgan fingerprint density at radius 3 is 1.69 bits per heavy atom. The van der Waals surface area contributed by atoms with Crippen molar-refractivity contribution in [2.45, 2.75) is 57.8 Å². The van der Waals surface area contributed by atoms with E-state index in [0.717, 1.165) is 44.5 Å². The van der Waals surface area contributed by atoms with Crippen LogP contribution in [0.2, 0.25) is 0 Å². The van der Waals surface area contributed by atoms with Crippen molar-refractivity contribution in [1.29, 1.82) is 0 Å². The Hall–Kier alpha value is -6.30. The van der Waals surface area contributed by atoms with Gasteiger partial charge in [0.25, 0.3) is 0 Å². The number of carboxylic acid groups (broad SMARTS) is 1. The molecule has 0 saturated heterocycles. The van der Waals surface area contributed by atoms with E-state index in [1.54, 1.807) is 23.5 Å². The van der Waals surface area contributed by atoms with Gasteiger partial charge in [0.2, 0.25) is 0 Å². The standard InChI is InChI=1S/C53H44N2O2S/c1-51(2)42-13-9-7-11-38(42)40-24-20-35(30-44(40)51)55(36-21-25-41-39-12-8-10-14-43(39)52(3,4)45(41)31-36)34-18-15-32(16-19-34)48-27-22-37(58-48)23-28-49-53(5,6)46-29-33(50(56)57)17-26-47(46)54-49/h7-31H,1-6H3,(H,56,57)/b28-23+. The highest BCUT2D eigenvalue weighted by atomic mass is 32.1. The van der Waals surface area contributed by atoms with Crippen molar-refractivity contribution >= 4 is 51.8 Å². The van der Waals surface area contributed by atoms with Gasteiger partial charge < -0.3 is 10.0 Å². The molecule has 0 saturated carbocycles. The molecule has 0 amide bonds. The Morgan fingerprint density at radius 2 is 1.10 bits per heavy atom. The number of aromatic carboxylic acids is 1. The lowest BCUT2D eigenvalue weighted by Crippen LogP contribution is -2.24. The molecule has 2 aliphatic carbocycles. The molecule has 0 atom stereocenters. The van der Waals surface area contributed by atoms with Crippen LogP contribution in [0.3, 0.4) is 0 Å². The van der Waals surface area contributed by atoms with Crippen molar-refractivity contribution in [2.24, 2.45) is 4.99 Å². The zero-order valence-corrected chi connectivity index (χ0v) is 34.4. The van der Waals surface area contributed by atoms with Crippen LogP contribution in [0, 0.1) is 0 Å². The fraction of sp³-hybridized carbons (Fsp3) is 0.170. The summed E-state index contributed by atoms with van der Waals surface area (Å²) in [5, 5.41) is 9.55. The van der Waals surface area contributed by atoms with E-state index in [4.69, 9.17) is 4.99 Å². The normalized spacial score (nSPS) is 16.0. The predicted octanol–water partition coefficient (Wildman–Crippen LogP) is 14.3. The molecule has 1 N–H and O–H groups in total. The molecule has 1 aliphatic heterocycles. The zero-order chi connectivity index (χ0) is 40.1. The monoisotopic (exact) mass is 772 g/mol. The summed E-state index contributed by atoms with van der Waals surface area (Å²) in [6.45, 7) is 13.6. The van der Waals surface area contributed by atoms with Gasteiger partial charge in [-0.05, 0) is 135 Å². The third-order valence-electron chi connectivity index (χ3n) is 12.9. The second-order valence-electron chi connectivity index (χ2n) is 17.4. The van der Waals surface area contributed by atoms with E-state index in [2.05, 4.69) is 180 Å². The molecule has 0 radical (unpaired) electrons. The Morgan fingerprint density at radius 1 is 0.552 bits per heavy atom. The number of thiophene rings is 1. The van der Waals surface area contributed by atoms with Gasteiger partial charge in [-0.2, -0.15) is 0 Å². The molecule has 3 aliphatic rings. The van der Waals surface area contributed by atoms with Gasteiger partial charge >= 0.3 is 5.97 Å². The first-order chi connectivity index (χ1) is 27.8. The quantitative estimate of drug-likeness (QED) is 0.176. The van der Waals surface area contributed by atoms with Crippen molar-refractivity contribution in [3.8, 4) is 32.7 Å². The number of carbonyl (C=O) groups is 1. The lowest BCUT2D eigenvalue weighted by atomic mass is 9.81. The predicted molar refractivity (Wildman–Crippen MR) is 242 cm³/mol. The Bertz CT molecular complexity index is 2800. The van der Waals surface area contributed by atoms with Gasteiger partial charge in [-0.3, -0.25) is 4.99 Å². The first-order valence-corrected chi connectivity index (χ1v) is 20.8. The number of fused-ring (bicyclic) bond motifs is 7. The highest BCUT2D eigenvalue weighted by Crippen LogP contribution is 2.53. The smallest absolute Gasteiger partial charge is 0.335 e. The summed E-state index contributed by atoms with van der Waals surface area (Å²) in [5.74, 6) is -0.924. The maximum atomic E-state index is 11.6. The number of aliphatic imine (C=N–C) groups is 1. The molecule has 10 rings (SSSR count). The SMILES string of the molecule is CC1(C)C(/C=C/c2ccc(-c3ccc(N(c4ccc5c(c4)C(C)(C)c4ccccc4-5)c4ccc5c(c4)C(C)(C)c4ccccc4-5)cc3)s2)=Nc2ccc(C(=O)O)cc21. The maximum absolute atomic E-state index is 11.6. The molecule has 0 bridgehead atoms. The second kappa shape index (κ2) is 12.9. The van der Waals surface area contributed by atoms with Gasteiger partial charge in [-0.15, -0.1) is 11.3 Å². The molecule has 0 spiro atoms. The molecule has 58 heavy (non-hydrogen) atoms. The van der Waals surface area contributed by atoms with Gasteiger partial charge in [0, 0.05) is 43.1 Å². The molecule has 4 nitrogen and oxygen atoms in total. The Kier molecular flexibility index (Phi) is 7.99. The van der Waals surface area contributed by atoms with E-state index in [1.807, 2.05) is 6.07 Å². The highest BCUT2D eigenvalue weighted by Gasteiger charge is 2.38. The first kappa shape index (κ1) is 36.1. The maximum Gasteiger partial charge on any atom is 0.335 e. The van der Waals surface area contributed by atoms with Crippen LogP contribution in [0.4, 0.5) is 22.7 Å². The van der Waals surface area contributed by atoms with Crippen LogP contribution in [0.25, 0.3) is 38.8 Å². The topological polar surface area (TPSA) is 52.9 Å². The lowest BCUT2D eigenvalue weighted by Gasteiger charge is -2.30. The average molecular weight is 773 g/mol. The number of carboxylic acids is 1. The number of hydrogen-bond acceptors (Lipinski definition) is 4. The number of nitrogens with zero attached hydrogens (tertiary/aromatic N) is 2. The van der Waals surface area contributed by atoms with Crippen molar-refractivity contribution in [2.75, 3.05) is 4.90 Å². The van der Waals surface area contributed by atoms with Crippen LogP contribution in [0.15, 0.2) is 151 Å². The van der Waals surface area contributed by atoms with Crippen molar-refractivity contribution < 1.29 is 9.90 Å². The molecule has 0 unspecified atom stereocenters. The third kappa shape index (κ3) is 5.48. The highest BCUT2D eigenvalue weighted by molar-refractivity contribution is 7.16. The summed E-state index contributed by atoms with van der Waals surface area (Å²) < 4.78 is 0. The van der Waals surface area contributed by atoms with Crippen molar-refractivity contribution in [1.82, 2.24) is 0 Å². The second-order valence-corrected chi connectivity index (χ2v) is 18.5. The summed E-state index contributed by atoms with van der Waals surface area (Å²) in [6, 6.07) is 50.2. The minimum Gasteiger partial charge on any atom is -0.478 e. The van der Waals surface area contributed by atoms with Crippen LogP contribution in [-0.2, 0) is 16.2 Å². The van der Waals surface area contributed by atoms with Gasteiger partial charge in [0.05, 0.1) is 17.0 Å². The summed E-state index contributed by atoms with van der Waals surface area (Å²) in [7, 11) is 0. The first-order valence-electron chi connectivity index (χ1n) is 20.0. The van der Waals surface area contributed by atoms with Crippen LogP contribution in [0.5, 0.6) is 0 Å². The van der Waals surface area contributed by atoms with Gasteiger partial charge in [-0.1, -0.05) is 114 Å². The molecular formula is C53H44N2O2S. The molecule has 7 aromatic rings. The average Bonchev–Trinajstić information content (AvgIpc) is 3.92. The lowest BCUT2D eigenvalue weighted by molar-refractivity contribution is 0.0696. The number of benzene rings is 6. The summed E-state index contributed by atoms with van der Waals surface area (Å²) >= 11 is 1.75. The van der Waals surface area contributed by atoms with Crippen LogP contribution in [0.1, 0.15) is 84.6 Å². The number of hydrogen-bond donors (Lipinski definition) is 1.